The zero-order valence-electron chi connectivity index (χ0n) is 14.8. The number of aromatic nitrogens is 1. The van der Waals surface area contributed by atoms with E-state index in [1.165, 1.54) is 12.1 Å². The third-order valence-electron chi connectivity index (χ3n) is 3.87. The van der Waals surface area contributed by atoms with Crippen molar-refractivity contribution in [2.24, 2.45) is 0 Å². The number of likely N-dealkylation sites (N-methyl/N-ethyl adjacent to an activating group) is 1. The highest BCUT2D eigenvalue weighted by Crippen LogP contribution is 2.29. The van der Waals surface area contributed by atoms with E-state index >= 15 is 0 Å². The van der Waals surface area contributed by atoms with Gasteiger partial charge in [-0.15, -0.1) is 0 Å². The van der Waals surface area contributed by atoms with Gasteiger partial charge in [0.25, 0.3) is 0 Å². The lowest BCUT2D eigenvalue weighted by atomic mass is 10.2. The minimum absolute atomic E-state index is 0.316. The quantitative estimate of drug-likeness (QED) is 0.555. The SMILES string of the molecule is CN(CCOc1ccc(C=O)cc1)c1ncccc1Oc1ccc(F)cc1. The van der Waals surface area contributed by atoms with E-state index in [1.54, 1.807) is 54.7 Å². The Morgan fingerprint density at radius 2 is 1.74 bits per heavy atom. The van der Waals surface area contributed by atoms with Crippen molar-refractivity contribution in [3.8, 4) is 17.2 Å². The number of hydrogen-bond donors (Lipinski definition) is 0. The van der Waals surface area contributed by atoms with Crippen LogP contribution in [-0.4, -0.2) is 31.5 Å². The molecule has 0 fully saturated rings. The molecule has 0 bridgehead atoms. The van der Waals surface area contributed by atoms with Gasteiger partial charge in [-0.25, -0.2) is 9.37 Å². The van der Waals surface area contributed by atoms with Gasteiger partial charge in [0.05, 0.1) is 6.54 Å². The molecule has 0 aliphatic heterocycles. The second-order valence-electron chi connectivity index (χ2n) is 5.84. The first kappa shape index (κ1) is 18.4. The average Bonchev–Trinajstić information content (AvgIpc) is 2.70. The minimum atomic E-state index is -0.316. The first-order valence-corrected chi connectivity index (χ1v) is 8.43. The predicted octanol–water partition coefficient (Wildman–Crippen LogP) is 4.34. The van der Waals surface area contributed by atoms with Gasteiger partial charge in [-0.3, -0.25) is 4.79 Å². The molecule has 0 radical (unpaired) electrons. The summed E-state index contributed by atoms with van der Waals surface area (Å²) < 4.78 is 24.6. The second kappa shape index (κ2) is 8.80. The molecule has 138 valence electrons. The zero-order chi connectivity index (χ0) is 19.1. The second-order valence-corrected chi connectivity index (χ2v) is 5.84. The Morgan fingerprint density at radius 3 is 2.44 bits per heavy atom. The van der Waals surface area contributed by atoms with Crippen molar-refractivity contribution in [3.63, 3.8) is 0 Å². The number of ether oxygens (including phenoxy) is 2. The Labute approximate surface area is 157 Å². The van der Waals surface area contributed by atoms with Crippen molar-refractivity contribution in [2.75, 3.05) is 25.1 Å². The molecular weight excluding hydrogens is 347 g/mol. The van der Waals surface area contributed by atoms with Crippen molar-refractivity contribution in [1.29, 1.82) is 0 Å². The van der Waals surface area contributed by atoms with Gasteiger partial charge < -0.3 is 14.4 Å². The van der Waals surface area contributed by atoms with E-state index in [2.05, 4.69) is 4.98 Å². The van der Waals surface area contributed by atoms with Crippen LogP contribution in [0, 0.1) is 5.82 Å². The molecule has 0 atom stereocenters. The van der Waals surface area contributed by atoms with Gasteiger partial charge in [-0.1, -0.05) is 0 Å². The number of hydrogen-bond acceptors (Lipinski definition) is 5. The molecule has 3 rings (SSSR count). The maximum atomic E-state index is 13.0. The van der Waals surface area contributed by atoms with E-state index in [-0.39, 0.29) is 5.82 Å². The van der Waals surface area contributed by atoms with Crippen LogP contribution < -0.4 is 14.4 Å². The van der Waals surface area contributed by atoms with E-state index in [1.807, 2.05) is 11.9 Å². The van der Waals surface area contributed by atoms with Crippen LogP contribution in [0.4, 0.5) is 10.2 Å². The molecule has 3 aromatic rings. The molecule has 0 saturated carbocycles. The Bertz CT molecular complexity index is 883. The molecular formula is C21H19FN2O3. The van der Waals surface area contributed by atoms with Crippen LogP contribution in [0.3, 0.4) is 0 Å². The van der Waals surface area contributed by atoms with Crippen LogP contribution in [0.2, 0.25) is 0 Å². The molecule has 27 heavy (non-hydrogen) atoms. The Hall–Kier alpha value is -3.41. The Morgan fingerprint density at radius 1 is 1.04 bits per heavy atom. The predicted molar refractivity (Wildman–Crippen MR) is 101 cm³/mol. The lowest BCUT2D eigenvalue weighted by molar-refractivity contribution is 0.112. The molecule has 0 saturated heterocycles. The number of carbonyl (C=O) groups excluding carboxylic acids is 1. The third kappa shape index (κ3) is 5.04. The number of benzene rings is 2. The molecule has 0 amide bonds. The van der Waals surface area contributed by atoms with E-state index in [9.17, 15) is 9.18 Å². The van der Waals surface area contributed by atoms with Gasteiger partial charge in [0, 0.05) is 18.8 Å². The van der Waals surface area contributed by atoms with Crippen molar-refractivity contribution in [1.82, 2.24) is 4.98 Å². The summed E-state index contributed by atoms with van der Waals surface area (Å²) in [5, 5.41) is 0. The van der Waals surface area contributed by atoms with Gasteiger partial charge >= 0.3 is 0 Å². The minimum Gasteiger partial charge on any atom is -0.492 e. The maximum absolute atomic E-state index is 13.0. The zero-order valence-corrected chi connectivity index (χ0v) is 14.8. The van der Waals surface area contributed by atoms with Crippen LogP contribution in [0.1, 0.15) is 10.4 Å². The molecule has 1 aromatic heterocycles. The highest BCUT2D eigenvalue weighted by Gasteiger charge is 2.11. The highest BCUT2D eigenvalue weighted by atomic mass is 19.1. The smallest absolute Gasteiger partial charge is 0.171 e. The van der Waals surface area contributed by atoms with E-state index in [0.29, 0.717) is 41.8 Å². The first-order valence-electron chi connectivity index (χ1n) is 8.43. The Balaban J connectivity index is 1.61. The lowest BCUT2D eigenvalue weighted by Gasteiger charge is -2.21. The highest BCUT2D eigenvalue weighted by molar-refractivity contribution is 5.74. The topological polar surface area (TPSA) is 51.7 Å². The van der Waals surface area contributed by atoms with Crippen LogP contribution in [0.25, 0.3) is 0 Å². The number of pyridine rings is 1. The molecule has 0 unspecified atom stereocenters. The molecule has 6 heteroatoms. The van der Waals surface area contributed by atoms with Crippen molar-refractivity contribution >= 4 is 12.1 Å². The maximum Gasteiger partial charge on any atom is 0.171 e. The number of nitrogens with zero attached hydrogens (tertiary/aromatic N) is 2. The average molecular weight is 366 g/mol. The fourth-order valence-corrected chi connectivity index (χ4v) is 2.43. The van der Waals surface area contributed by atoms with Gasteiger partial charge in [0.2, 0.25) is 0 Å². The first-order chi connectivity index (χ1) is 13.2. The summed E-state index contributed by atoms with van der Waals surface area (Å²) in [5.74, 6) is 2.14. The van der Waals surface area contributed by atoms with Crippen molar-refractivity contribution < 1.29 is 18.7 Å². The van der Waals surface area contributed by atoms with Crippen molar-refractivity contribution in [3.05, 3.63) is 78.2 Å². The standard InChI is InChI=1S/C21H19FN2O3/c1-24(13-14-26-18-8-4-16(15-25)5-9-18)21-20(3-2-12-23-21)27-19-10-6-17(22)7-11-19/h2-12,15H,13-14H2,1H3. The monoisotopic (exact) mass is 366 g/mol. The summed E-state index contributed by atoms with van der Waals surface area (Å²) in [4.78, 5) is 17.0. The fraction of sp³-hybridized carbons (Fsp3) is 0.143. The molecule has 0 aliphatic carbocycles. The van der Waals surface area contributed by atoms with Crippen LogP contribution in [0.15, 0.2) is 66.9 Å². The van der Waals surface area contributed by atoms with Crippen LogP contribution >= 0.6 is 0 Å². The molecule has 0 N–H and O–H groups in total. The summed E-state index contributed by atoms with van der Waals surface area (Å²) in [6.07, 6.45) is 2.48. The number of rotatable bonds is 8. The van der Waals surface area contributed by atoms with Gasteiger partial charge in [0.15, 0.2) is 11.6 Å². The van der Waals surface area contributed by atoms with E-state index in [0.717, 1.165) is 6.29 Å². The van der Waals surface area contributed by atoms with Crippen LogP contribution in [-0.2, 0) is 0 Å². The molecule has 0 aliphatic rings. The third-order valence-corrected chi connectivity index (χ3v) is 3.87. The number of carbonyl (C=O) groups is 1. The number of anilines is 1. The summed E-state index contributed by atoms with van der Waals surface area (Å²) >= 11 is 0. The fourth-order valence-electron chi connectivity index (χ4n) is 2.43. The summed E-state index contributed by atoms with van der Waals surface area (Å²) in [7, 11) is 1.89. The molecule has 2 aromatic carbocycles. The summed E-state index contributed by atoms with van der Waals surface area (Å²) in [6, 6.07) is 16.3. The number of aldehydes is 1. The van der Waals surface area contributed by atoms with Gasteiger partial charge in [0.1, 0.15) is 30.2 Å². The molecule has 0 spiro atoms. The molecule has 5 nitrogen and oxygen atoms in total. The van der Waals surface area contributed by atoms with Gasteiger partial charge in [-0.05, 0) is 60.7 Å². The number of halogens is 1. The largest absolute Gasteiger partial charge is 0.492 e. The lowest BCUT2D eigenvalue weighted by Crippen LogP contribution is -2.25. The van der Waals surface area contributed by atoms with Crippen LogP contribution in [0.5, 0.6) is 17.2 Å². The Kier molecular flexibility index (Phi) is 5.99. The van der Waals surface area contributed by atoms with Crippen molar-refractivity contribution in [2.45, 2.75) is 0 Å². The van der Waals surface area contributed by atoms with E-state index < -0.39 is 0 Å². The molecule has 1 heterocycles. The summed E-state index contributed by atoms with van der Waals surface area (Å²) in [5.41, 5.74) is 0.607. The van der Waals surface area contributed by atoms with E-state index in [4.69, 9.17) is 9.47 Å². The normalized spacial score (nSPS) is 10.3. The van der Waals surface area contributed by atoms with Gasteiger partial charge in [-0.2, -0.15) is 0 Å². The summed E-state index contributed by atoms with van der Waals surface area (Å²) in [6.45, 7) is 1.01.